The first-order valence-electron chi connectivity index (χ1n) is 8.23. The van der Waals surface area contributed by atoms with Crippen LogP contribution >= 0.6 is 0 Å². The lowest BCUT2D eigenvalue weighted by Crippen LogP contribution is -2.44. The fourth-order valence-corrected chi connectivity index (χ4v) is 3.91. The number of hydrogen-bond acceptors (Lipinski definition) is 4. The van der Waals surface area contributed by atoms with Gasteiger partial charge in [-0.25, -0.2) is 0 Å². The van der Waals surface area contributed by atoms with E-state index in [4.69, 9.17) is 0 Å². The van der Waals surface area contributed by atoms with Crippen LogP contribution in [0.4, 0.5) is 0 Å². The predicted molar refractivity (Wildman–Crippen MR) is 88.8 cm³/mol. The second kappa shape index (κ2) is 4.99. The molecule has 1 aliphatic heterocycles. The fourth-order valence-electron chi connectivity index (χ4n) is 3.91. The van der Waals surface area contributed by atoms with Crippen molar-refractivity contribution in [3.05, 3.63) is 35.8 Å². The van der Waals surface area contributed by atoms with Crippen LogP contribution in [-0.4, -0.2) is 29.0 Å². The standard InChI is InChI=1S/C18H22N4O/c1-10-7-11-5-4-6-20-15(11)16(21-10)18(2,3)22-17(23)14-12-8-19-9-13(12)14/h4-7,12-14,19H,8-9H2,1-3H3,(H,22,23)/t12-,13?,14+/m1/s1. The van der Waals surface area contributed by atoms with Gasteiger partial charge in [0.05, 0.1) is 16.7 Å². The SMILES string of the molecule is Cc1cc2cccnc2c(C(C)(C)NC(=O)[C@@H]2C3CNC[C@H]32)n1. The number of nitrogens with zero attached hydrogens (tertiary/aromatic N) is 2. The van der Waals surface area contributed by atoms with Gasteiger partial charge in [-0.2, -0.15) is 0 Å². The Morgan fingerprint density at radius 2 is 2.09 bits per heavy atom. The zero-order chi connectivity index (χ0) is 16.2. The zero-order valence-electron chi connectivity index (χ0n) is 13.8. The molecule has 1 unspecified atom stereocenters. The van der Waals surface area contributed by atoms with Crippen LogP contribution in [0.15, 0.2) is 24.4 Å². The van der Waals surface area contributed by atoms with E-state index in [0.717, 1.165) is 35.4 Å². The Morgan fingerprint density at radius 1 is 1.35 bits per heavy atom. The van der Waals surface area contributed by atoms with Gasteiger partial charge >= 0.3 is 0 Å². The molecule has 4 rings (SSSR count). The van der Waals surface area contributed by atoms with Crippen LogP contribution < -0.4 is 10.6 Å². The van der Waals surface area contributed by atoms with E-state index < -0.39 is 5.54 Å². The minimum Gasteiger partial charge on any atom is -0.345 e. The highest BCUT2D eigenvalue weighted by Crippen LogP contribution is 2.49. The van der Waals surface area contributed by atoms with Gasteiger partial charge in [0.2, 0.25) is 5.91 Å². The molecule has 5 nitrogen and oxygen atoms in total. The topological polar surface area (TPSA) is 66.9 Å². The van der Waals surface area contributed by atoms with E-state index in [1.54, 1.807) is 6.20 Å². The fraction of sp³-hybridized carbons (Fsp3) is 0.500. The molecule has 1 aliphatic carbocycles. The van der Waals surface area contributed by atoms with Gasteiger partial charge < -0.3 is 10.6 Å². The third-order valence-electron chi connectivity index (χ3n) is 5.14. The van der Waals surface area contributed by atoms with Gasteiger partial charge in [-0.3, -0.25) is 14.8 Å². The highest BCUT2D eigenvalue weighted by atomic mass is 16.2. The number of pyridine rings is 2. The van der Waals surface area contributed by atoms with Crippen molar-refractivity contribution in [1.29, 1.82) is 0 Å². The van der Waals surface area contributed by atoms with Crippen molar-refractivity contribution in [3.8, 4) is 0 Å². The molecule has 3 atom stereocenters. The van der Waals surface area contributed by atoms with E-state index in [1.165, 1.54) is 0 Å². The summed E-state index contributed by atoms with van der Waals surface area (Å²) < 4.78 is 0. The molecule has 1 saturated carbocycles. The Balaban J connectivity index is 1.64. The molecule has 1 saturated heterocycles. The molecule has 0 bridgehead atoms. The average molecular weight is 310 g/mol. The lowest BCUT2D eigenvalue weighted by molar-refractivity contribution is -0.124. The van der Waals surface area contributed by atoms with Crippen molar-refractivity contribution in [3.63, 3.8) is 0 Å². The monoisotopic (exact) mass is 310 g/mol. The molecule has 5 heteroatoms. The summed E-state index contributed by atoms with van der Waals surface area (Å²) in [6.45, 7) is 7.94. The molecular weight excluding hydrogens is 288 g/mol. The van der Waals surface area contributed by atoms with Crippen LogP contribution in [0.2, 0.25) is 0 Å². The molecule has 1 amide bonds. The molecular formula is C18H22N4O. The molecule has 2 aromatic heterocycles. The highest BCUT2D eigenvalue weighted by Gasteiger charge is 2.57. The number of aryl methyl sites for hydroxylation is 1. The largest absolute Gasteiger partial charge is 0.345 e. The summed E-state index contributed by atoms with van der Waals surface area (Å²) in [5, 5.41) is 7.60. The van der Waals surface area contributed by atoms with Crippen molar-refractivity contribution < 1.29 is 4.79 Å². The van der Waals surface area contributed by atoms with E-state index in [9.17, 15) is 4.79 Å². The third-order valence-corrected chi connectivity index (χ3v) is 5.14. The molecule has 23 heavy (non-hydrogen) atoms. The summed E-state index contributed by atoms with van der Waals surface area (Å²) in [6, 6.07) is 5.99. The van der Waals surface area contributed by atoms with Crippen LogP contribution in [-0.2, 0) is 10.3 Å². The zero-order valence-corrected chi connectivity index (χ0v) is 13.8. The molecule has 0 radical (unpaired) electrons. The van der Waals surface area contributed by atoms with Gasteiger partial charge in [0.1, 0.15) is 0 Å². The highest BCUT2D eigenvalue weighted by molar-refractivity contribution is 5.85. The first-order valence-corrected chi connectivity index (χ1v) is 8.23. The normalized spacial score (nSPS) is 26.1. The van der Waals surface area contributed by atoms with Gasteiger partial charge in [0.25, 0.3) is 0 Å². The smallest absolute Gasteiger partial charge is 0.224 e. The molecule has 2 N–H and O–H groups in total. The van der Waals surface area contributed by atoms with Crippen molar-refractivity contribution in [2.75, 3.05) is 13.1 Å². The van der Waals surface area contributed by atoms with Gasteiger partial charge in [-0.1, -0.05) is 6.07 Å². The molecule has 0 spiro atoms. The van der Waals surface area contributed by atoms with Crippen molar-refractivity contribution in [2.45, 2.75) is 26.3 Å². The number of fused-ring (bicyclic) bond motifs is 2. The van der Waals surface area contributed by atoms with E-state index in [2.05, 4.69) is 20.6 Å². The molecule has 2 aliphatic rings. The Morgan fingerprint density at radius 3 is 2.83 bits per heavy atom. The quantitative estimate of drug-likeness (QED) is 0.906. The van der Waals surface area contributed by atoms with Gasteiger partial charge in [0, 0.05) is 23.2 Å². The van der Waals surface area contributed by atoms with E-state index >= 15 is 0 Å². The van der Waals surface area contributed by atoms with Crippen LogP contribution in [0.25, 0.3) is 10.9 Å². The van der Waals surface area contributed by atoms with E-state index in [-0.39, 0.29) is 11.8 Å². The number of amides is 1. The molecule has 2 fully saturated rings. The Labute approximate surface area is 135 Å². The summed E-state index contributed by atoms with van der Waals surface area (Å²) in [5.74, 6) is 1.36. The van der Waals surface area contributed by atoms with Crippen molar-refractivity contribution in [2.24, 2.45) is 17.8 Å². The van der Waals surface area contributed by atoms with Crippen molar-refractivity contribution in [1.82, 2.24) is 20.6 Å². The summed E-state index contributed by atoms with van der Waals surface area (Å²) in [5.41, 5.74) is 2.10. The maximum Gasteiger partial charge on any atom is 0.224 e. The van der Waals surface area contributed by atoms with Gasteiger partial charge in [0.15, 0.2) is 0 Å². The minimum atomic E-state index is -0.542. The molecule has 2 aromatic rings. The molecule has 0 aromatic carbocycles. The minimum absolute atomic E-state index is 0.152. The van der Waals surface area contributed by atoms with Gasteiger partial charge in [-0.05, 0) is 57.8 Å². The molecule has 3 heterocycles. The van der Waals surface area contributed by atoms with Crippen LogP contribution in [0.1, 0.15) is 25.2 Å². The number of rotatable bonds is 3. The third kappa shape index (κ3) is 2.39. The molecule has 120 valence electrons. The summed E-state index contributed by atoms with van der Waals surface area (Å²) in [6.07, 6.45) is 1.78. The second-order valence-corrected chi connectivity index (χ2v) is 7.31. The summed E-state index contributed by atoms with van der Waals surface area (Å²) in [4.78, 5) is 21.8. The van der Waals surface area contributed by atoms with E-state index in [1.807, 2.05) is 39.0 Å². The maximum atomic E-state index is 12.6. The Bertz CT molecular complexity index is 776. The maximum absolute atomic E-state index is 12.6. The first kappa shape index (κ1) is 14.6. The summed E-state index contributed by atoms with van der Waals surface area (Å²) >= 11 is 0. The van der Waals surface area contributed by atoms with Crippen molar-refractivity contribution >= 4 is 16.8 Å². The number of piperidine rings is 1. The van der Waals surface area contributed by atoms with Crippen LogP contribution in [0, 0.1) is 24.7 Å². The average Bonchev–Trinajstić information content (AvgIpc) is 2.99. The second-order valence-electron chi connectivity index (χ2n) is 7.31. The van der Waals surface area contributed by atoms with Crippen LogP contribution in [0.3, 0.4) is 0 Å². The number of aromatic nitrogens is 2. The number of carbonyl (C=O) groups is 1. The number of nitrogens with one attached hydrogen (secondary N) is 2. The lowest BCUT2D eigenvalue weighted by atomic mass is 9.96. The predicted octanol–water partition coefficient (Wildman–Crippen LogP) is 1.75. The number of hydrogen-bond donors (Lipinski definition) is 2. The Kier molecular flexibility index (Phi) is 3.17. The lowest BCUT2D eigenvalue weighted by Gasteiger charge is -2.27. The first-order chi connectivity index (χ1) is 11.0. The Hall–Kier alpha value is -2.01. The van der Waals surface area contributed by atoms with Crippen LogP contribution in [0.5, 0.6) is 0 Å². The summed E-state index contributed by atoms with van der Waals surface area (Å²) in [7, 11) is 0. The van der Waals surface area contributed by atoms with Gasteiger partial charge in [-0.15, -0.1) is 0 Å². The number of carbonyl (C=O) groups excluding carboxylic acids is 1. The van der Waals surface area contributed by atoms with E-state index in [0.29, 0.717) is 11.8 Å².